The summed E-state index contributed by atoms with van der Waals surface area (Å²) in [4.78, 5) is 14.4. The van der Waals surface area contributed by atoms with Crippen LogP contribution in [0.25, 0.3) is 0 Å². The summed E-state index contributed by atoms with van der Waals surface area (Å²) in [6, 6.07) is 0.782. The van der Waals surface area contributed by atoms with E-state index in [0.717, 1.165) is 24.9 Å². The molecule has 0 amide bonds. The van der Waals surface area contributed by atoms with Crippen LogP contribution in [0.3, 0.4) is 0 Å². The van der Waals surface area contributed by atoms with Crippen molar-refractivity contribution in [2.75, 3.05) is 27.2 Å². The number of ether oxygens (including phenoxy) is 1. The molecule has 0 spiro atoms. The number of hydrogen-bond acceptors (Lipinski definition) is 4. The lowest BCUT2D eigenvalue weighted by atomic mass is 9.98. The first kappa shape index (κ1) is 13.8. The number of likely N-dealkylation sites (N-methyl/N-ethyl adjacent to an activating group) is 1. The van der Waals surface area contributed by atoms with E-state index in [0.29, 0.717) is 0 Å². The Morgan fingerprint density at radius 1 is 1.39 bits per heavy atom. The standard InChI is InChI=1S/C14H26N2O2/c1-14(15-2,13(17)18-3)8-9-16(12-6-7-12)10-11-4-5-11/h11-12,15H,4-10H2,1-3H3. The third-order valence-electron chi connectivity index (χ3n) is 4.34. The van der Waals surface area contributed by atoms with Crippen molar-refractivity contribution < 1.29 is 9.53 Å². The fourth-order valence-electron chi connectivity index (χ4n) is 2.42. The Kier molecular flexibility index (Phi) is 4.28. The number of carbonyl (C=O) groups is 1. The molecular weight excluding hydrogens is 228 g/mol. The largest absolute Gasteiger partial charge is 0.468 e. The second-order valence-corrected chi connectivity index (χ2v) is 5.99. The summed E-state index contributed by atoms with van der Waals surface area (Å²) in [7, 11) is 3.29. The summed E-state index contributed by atoms with van der Waals surface area (Å²) in [6.07, 6.45) is 6.27. The zero-order valence-corrected chi connectivity index (χ0v) is 11.9. The van der Waals surface area contributed by atoms with E-state index in [4.69, 9.17) is 4.74 Å². The van der Waals surface area contributed by atoms with Crippen molar-refractivity contribution >= 4 is 5.97 Å². The van der Waals surface area contributed by atoms with Crippen LogP contribution in [-0.4, -0.2) is 49.7 Å². The van der Waals surface area contributed by atoms with Gasteiger partial charge in [-0.15, -0.1) is 0 Å². The second-order valence-electron chi connectivity index (χ2n) is 5.99. The fraction of sp³-hybridized carbons (Fsp3) is 0.929. The number of esters is 1. The molecule has 2 fully saturated rings. The molecule has 1 atom stereocenters. The first-order valence-electron chi connectivity index (χ1n) is 7.10. The maximum atomic E-state index is 11.8. The first-order valence-corrected chi connectivity index (χ1v) is 7.10. The molecule has 2 aliphatic carbocycles. The maximum Gasteiger partial charge on any atom is 0.325 e. The molecule has 0 bridgehead atoms. The van der Waals surface area contributed by atoms with Crippen LogP contribution in [0.5, 0.6) is 0 Å². The van der Waals surface area contributed by atoms with Gasteiger partial charge in [-0.25, -0.2) is 0 Å². The Morgan fingerprint density at radius 3 is 2.50 bits per heavy atom. The van der Waals surface area contributed by atoms with Crippen LogP contribution in [0.1, 0.15) is 39.0 Å². The van der Waals surface area contributed by atoms with E-state index in [9.17, 15) is 4.79 Å². The molecule has 104 valence electrons. The average Bonchev–Trinajstić information content (AvgIpc) is 3.25. The molecular formula is C14H26N2O2. The number of carbonyl (C=O) groups excluding carboxylic acids is 1. The minimum atomic E-state index is -0.550. The molecule has 0 aromatic rings. The van der Waals surface area contributed by atoms with Crippen LogP contribution in [-0.2, 0) is 9.53 Å². The number of methoxy groups -OCH3 is 1. The Labute approximate surface area is 110 Å². The minimum Gasteiger partial charge on any atom is -0.468 e. The zero-order valence-electron chi connectivity index (χ0n) is 11.9. The van der Waals surface area contributed by atoms with Crippen molar-refractivity contribution in [1.29, 1.82) is 0 Å². The normalized spacial score (nSPS) is 22.9. The third kappa shape index (κ3) is 3.45. The second kappa shape index (κ2) is 5.57. The summed E-state index contributed by atoms with van der Waals surface area (Å²) in [5, 5.41) is 3.11. The van der Waals surface area contributed by atoms with Crippen molar-refractivity contribution in [3.8, 4) is 0 Å². The van der Waals surface area contributed by atoms with Crippen molar-refractivity contribution in [3.05, 3.63) is 0 Å². The molecule has 0 saturated heterocycles. The van der Waals surface area contributed by atoms with E-state index >= 15 is 0 Å². The smallest absolute Gasteiger partial charge is 0.325 e. The van der Waals surface area contributed by atoms with Gasteiger partial charge in [0, 0.05) is 19.1 Å². The van der Waals surface area contributed by atoms with Gasteiger partial charge in [0.25, 0.3) is 0 Å². The molecule has 4 nitrogen and oxygen atoms in total. The van der Waals surface area contributed by atoms with E-state index in [1.807, 2.05) is 14.0 Å². The summed E-state index contributed by atoms with van der Waals surface area (Å²) in [5.41, 5.74) is -0.550. The van der Waals surface area contributed by atoms with Crippen molar-refractivity contribution in [2.24, 2.45) is 5.92 Å². The number of hydrogen-bond donors (Lipinski definition) is 1. The SMILES string of the molecule is CNC(C)(CCN(CC1CC1)C1CC1)C(=O)OC. The Hall–Kier alpha value is -0.610. The molecule has 4 heteroatoms. The van der Waals surface area contributed by atoms with Crippen molar-refractivity contribution in [2.45, 2.75) is 50.6 Å². The van der Waals surface area contributed by atoms with Gasteiger partial charge in [-0.3, -0.25) is 4.79 Å². The topological polar surface area (TPSA) is 41.6 Å². The van der Waals surface area contributed by atoms with Gasteiger partial charge in [-0.1, -0.05) is 0 Å². The Morgan fingerprint density at radius 2 is 2.06 bits per heavy atom. The van der Waals surface area contributed by atoms with Crippen molar-refractivity contribution in [1.82, 2.24) is 10.2 Å². The molecule has 2 saturated carbocycles. The van der Waals surface area contributed by atoms with Gasteiger partial charge in [0.15, 0.2) is 0 Å². The predicted molar refractivity (Wildman–Crippen MR) is 71.4 cm³/mol. The molecule has 0 aliphatic heterocycles. The minimum absolute atomic E-state index is 0.160. The zero-order chi connectivity index (χ0) is 13.2. The van der Waals surface area contributed by atoms with Gasteiger partial charge >= 0.3 is 5.97 Å². The molecule has 0 aromatic carbocycles. The number of rotatable bonds is 8. The quantitative estimate of drug-likeness (QED) is 0.665. The predicted octanol–water partition coefficient (Wildman–Crippen LogP) is 1.40. The van der Waals surface area contributed by atoms with Crippen LogP contribution in [0.2, 0.25) is 0 Å². The summed E-state index contributed by atoms with van der Waals surface area (Å²) < 4.78 is 4.89. The van der Waals surface area contributed by atoms with E-state index in [1.165, 1.54) is 39.3 Å². The molecule has 2 aliphatic rings. The molecule has 0 radical (unpaired) electrons. The van der Waals surface area contributed by atoms with Crippen LogP contribution >= 0.6 is 0 Å². The van der Waals surface area contributed by atoms with Gasteiger partial charge in [0.2, 0.25) is 0 Å². The van der Waals surface area contributed by atoms with E-state index < -0.39 is 5.54 Å². The molecule has 1 unspecified atom stereocenters. The lowest BCUT2D eigenvalue weighted by Crippen LogP contribution is -2.50. The highest BCUT2D eigenvalue weighted by molar-refractivity contribution is 5.80. The average molecular weight is 254 g/mol. The Balaban J connectivity index is 1.84. The number of nitrogens with one attached hydrogen (secondary N) is 1. The lowest BCUT2D eigenvalue weighted by Gasteiger charge is -2.30. The van der Waals surface area contributed by atoms with E-state index in [1.54, 1.807) is 0 Å². The molecule has 0 aromatic heterocycles. The first-order chi connectivity index (χ1) is 8.59. The van der Waals surface area contributed by atoms with Crippen molar-refractivity contribution in [3.63, 3.8) is 0 Å². The van der Waals surface area contributed by atoms with Gasteiger partial charge < -0.3 is 15.0 Å². The highest BCUT2D eigenvalue weighted by Gasteiger charge is 2.37. The van der Waals surface area contributed by atoms with Gasteiger partial charge in [-0.05, 0) is 52.0 Å². The van der Waals surface area contributed by atoms with Crippen LogP contribution < -0.4 is 5.32 Å². The highest BCUT2D eigenvalue weighted by atomic mass is 16.5. The third-order valence-corrected chi connectivity index (χ3v) is 4.34. The van der Waals surface area contributed by atoms with Crippen LogP contribution in [0, 0.1) is 5.92 Å². The van der Waals surface area contributed by atoms with Gasteiger partial charge in [0.1, 0.15) is 5.54 Å². The fourth-order valence-corrected chi connectivity index (χ4v) is 2.42. The lowest BCUT2D eigenvalue weighted by molar-refractivity contribution is -0.148. The van der Waals surface area contributed by atoms with Crippen LogP contribution in [0.15, 0.2) is 0 Å². The van der Waals surface area contributed by atoms with E-state index in [2.05, 4.69) is 10.2 Å². The Bertz CT molecular complexity index is 300. The van der Waals surface area contributed by atoms with Gasteiger partial charge in [-0.2, -0.15) is 0 Å². The summed E-state index contributed by atoms with van der Waals surface area (Å²) >= 11 is 0. The van der Waals surface area contributed by atoms with E-state index in [-0.39, 0.29) is 5.97 Å². The molecule has 18 heavy (non-hydrogen) atoms. The molecule has 0 heterocycles. The van der Waals surface area contributed by atoms with Crippen LogP contribution in [0.4, 0.5) is 0 Å². The molecule has 1 N–H and O–H groups in total. The molecule has 2 rings (SSSR count). The van der Waals surface area contributed by atoms with Gasteiger partial charge in [0.05, 0.1) is 7.11 Å². The maximum absolute atomic E-state index is 11.8. The summed E-state index contributed by atoms with van der Waals surface area (Å²) in [5.74, 6) is 0.761. The summed E-state index contributed by atoms with van der Waals surface area (Å²) in [6.45, 7) is 4.15. The highest BCUT2D eigenvalue weighted by Crippen LogP contribution is 2.35. The monoisotopic (exact) mass is 254 g/mol. The number of nitrogens with zero attached hydrogens (tertiary/aromatic N) is 1.